The molecule has 320 valence electrons. The van der Waals surface area contributed by atoms with Gasteiger partial charge in [0.1, 0.15) is 40.5 Å². The molecule has 0 aliphatic carbocycles. The number of rotatable bonds is 7. The van der Waals surface area contributed by atoms with Gasteiger partial charge in [-0.05, 0) is 73.2 Å². The number of pyridine rings is 1. The first-order chi connectivity index (χ1) is 27.4. The minimum atomic E-state index is -1.25. The van der Waals surface area contributed by atoms with Crippen molar-refractivity contribution in [2.75, 3.05) is 27.3 Å². The summed E-state index contributed by atoms with van der Waals surface area (Å²) in [5.74, 6) is -4.33. The van der Waals surface area contributed by atoms with Crippen molar-refractivity contribution >= 4 is 34.6 Å². The summed E-state index contributed by atoms with van der Waals surface area (Å²) in [5.41, 5.74) is -0.454. The number of oxime groups is 1. The van der Waals surface area contributed by atoms with E-state index in [2.05, 4.69) is 20.1 Å². The van der Waals surface area contributed by atoms with Gasteiger partial charge in [0.2, 0.25) is 0 Å². The standard InChI is InChI=1S/C42H61N5O11/c1-11-32-42(8)29(16-33(48)58-42)24(4)34(49)22(2)17-41(7)37(57-40-35(50)31(47(9)10)15-23(3)55-40)25(5)36(26(6)39(51)56-32)52-19-28(20-53-41)46-54-21-27-18-44-30-13-12-14-43-38(30)45-27/h12-14,18,22-26,29,31-32,35-37,40,50H,11,15-17,19-21H2,1-10H3/b46-28-/t22-,23-,24-,25+,26-,29+,31+,32-,35-,36+,37-,40+,41-,42+/m1/s1. The van der Waals surface area contributed by atoms with Gasteiger partial charge in [0.05, 0.1) is 55.7 Å². The van der Waals surface area contributed by atoms with Gasteiger partial charge in [-0.15, -0.1) is 0 Å². The number of carbonyl (C=O) groups is 3. The zero-order chi connectivity index (χ0) is 42.1. The van der Waals surface area contributed by atoms with Gasteiger partial charge in [0.15, 0.2) is 18.5 Å². The first-order valence-electron chi connectivity index (χ1n) is 20.6. The number of carbonyl (C=O) groups excluding carboxylic acids is 3. The van der Waals surface area contributed by atoms with E-state index in [0.717, 1.165) is 0 Å². The molecule has 2 aromatic heterocycles. The predicted octanol–water partition coefficient (Wildman–Crippen LogP) is 4.04. The van der Waals surface area contributed by atoms with Crippen LogP contribution < -0.4 is 0 Å². The highest BCUT2D eigenvalue weighted by molar-refractivity contribution is 5.87. The zero-order valence-electron chi connectivity index (χ0n) is 35.5. The van der Waals surface area contributed by atoms with Crippen LogP contribution in [0, 0.1) is 29.6 Å². The lowest BCUT2D eigenvalue weighted by atomic mass is 9.70. The number of cyclic esters (lactones) is 1. The quantitative estimate of drug-likeness (QED) is 0.311. The highest BCUT2D eigenvalue weighted by atomic mass is 16.7. The number of nitrogens with zero attached hydrogens (tertiary/aromatic N) is 5. The Hall–Kier alpha value is -3.67. The molecule has 6 heterocycles. The summed E-state index contributed by atoms with van der Waals surface area (Å²) >= 11 is 0. The smallest absolute Gasteiger partial charge is 0.311 e. The van der Waals surface area contributed by atoms with E-state index in [-0.39, 0.29) is 50.6 Å². The number of Topliss-reactive ketones (excluding diaryl/α,β-unsaturated/α-hetero) is 1. The molecule has 58 heavy (non-hydrogen) atoms. The van der Waals surface area contributed by atoms with Gasteiger partial charge in [-0.25, -0.2) is 9.97 Å². The van der Waals surface area contributed by atoms with Crippen LogP contribution in [0.2, 0.25) is 0 Å². The highest BCUT2D eigenvalue weighted by Crippen LogP contribution is 2.46. The van der Waals surface area contributed by atoms with Crippen LogP contribution in [-0.2, 0) is 54.2 Å². The molecule has 1 N–H and O–H groups in total. The maximum Gasteiger partial charge on any atom is 0.311 e. The maximum absolute atomic E-state index is 14.5. The minimum Gasteiger partial charge on any atom is -0.458 e. The average molecular weight is 812 g/mol. The molecule has 4 aliphatic rings. The number of aliphatic hydroxyl groups excluding tert-OH is 1. The molecule has 4 saturated heterocycles. The second-order valence-corrected chi connectivity index (χ2v) is 17.4. The van der Waals surface area contributed by atoms with Gasteiger partial charge in [-0.1, -0.05) is 32.9 Å². The Morgan fingerprint density at radius 1 is 1.05 bits per heavy atom. The molecular weight excluding hydrogens is 750 g/mol. The lowest BCUT2D eigenvalue weighted by Crippen LogP contribution is -2.60. The molecule has 2 aromatic rings. The Kier molecular flexibility index (Phi) is 13.5. The van der Waals surface area contributed by atoms with Crippen molar-refractivity contribution in [1.82, 2.24) is 19.9 Å². The van der Waals surface area contributed by atoms with E-state index < -0.39 is 83.4 Å². The summed E-state index contributed by atoms with van der Waals surface area (Å²) in [6.45, 7) is 14.6. The Balaban J connectivity index is 1.40. The SMILES string of the molecule is CC[C@H]1OC(=O)[C@H](C)[C@H]2OC/C(=N/OCc3cnc4cccnc4n3)CO[C@](C)(C[C@@H](C)C(=O)[C@H](C)[C@@H]3CC(=O)O[C@]13C)[C@H](O[C@@H]1O[C@H](C)C[C@H](N(C)C)[C@H]1O)[C@H]2C. The fourth-order valence-electron chi connectivity index (χ4n) is 9.55. The second-order valence-electron chi connectivity index (χ2n) is 17.4. The first-order valence-corrected chi connectivity index (χ1v) is 20.6. The van der Waals surface area contributed by atoms with E-state index in [1.165, 1.54) is 0 Å². The third kappa shape index (κ3) is 9.06. The van der Waals surface area contributed by atoms with Crippen LogP contribution in [0.25, 0.3) is 11.2 Å². The fourth-order valence-corrected chi connectivity index (χ4v) is 9.55. The van der Waals surface area contributed by atoms with Crippen LogP contribution in [-0.4, -0.2) is 130 Å². The Morgan fingerprint density at radius 3 is 2.53 bits per heavy atom. The van der Waals surface area contributed by atoms with Crippen LogP contribution in [0.3, 0.4) is 0 Å². The van der Waals surface area contributed by atoms with Crippen molar-refractivity contribution < 1.29 is 52.7 Å². The van der Waals surface area contributed by atoms with Crippen LogP contribution in [0.5, 0.6) is 0 Å². The zero-order valence-corrected chi connectivity index (χ0v) is 35.5. The number of hydrogen-bond donors (Lipinski definition) is 1. The third-order valence-corrected chi connectivity index (χ3v) is 12.8. The summed E-state index contributed by atoms with van der Waals surface area (Å²) in [4.78, 5) is 62.8. The number of esters is 2. The van der Waals surface area contributed by atoms with E-state index in [9.17, 15) is 19.5 Å². The van der Waals surface area contributed by atoms with Crippen LogP contribution in [0.4, 0.5) is 0 Å². The summed E-state index contributed by atoms with van der Waals surface area (Å²) in [7, 11) is 3.80. The van der Waals surface area contributed by atoms with E-state index in [4.69, 9.17) is 33.3 Å². The van der Waals surface area contributed by atoms with Crippen LogP contribution in [0.1, 0.15) is 86.8 Å². The molecule has 14 atom stereocenters. The van der Waals surface area contributed by atoms with Crippen molar-refractivity contribution in [3.05, 3.63) is 30.2 Å². The first kappa shape index (κ1) is 43.9. The molecule has 0 unspecified atom stereocenters. The molecule has 4 fully saturated rings. The Labute approximate surface area is 340 Å². The van der Waals surface area contributed by atoms with Gasteiger partial charge in [-0.2, -0.15) is 0 Å². The van der Waals surface area contributed by atoms with Crippen LogP contribution >= 0.6 is 0 Å². The number of aromatic nitrogens is 3. The lowest BCUT2D eigenvalue weighted by molar-refractivity contribution is -0.302. The number of ether oxygens (including phenoxy) is 6. The highest BCUT2D eigenvalue weighted by Gasteiger charge is 2.57. The predicted molar refractivity (Wildman–Crippen MR) is 210 cm³/mol. The maximum atomic E-state index is 14.5. The fraction of sp³-hybridized carbons (Fsp3) is 0.738. The summed E-state index contributed by atoms with van der Waals surface area (Å²) in [6.07, 6.45) is -0.538. The normalized spacial score (nSPS) is 40.0. The molecule has 16 heteroatoms. The summed E-state index contributed by atoms with van der Waals surface area (Å²) in [5, 5.41) is 16.1. The largest absolute Gasteiger partial charge is 0.458 e. The number of ketones is 1. The van der Waals surface area contributed by atoms with Gasteiger partial charge < -0.3 is 43.3 Å². The topological polar surface area (TPSA) is 190 Å². The second kappa shape index (κ2) is 17.9. The monoisotopic (exact) mass is 811 g/mol. The van der Waals surface area contributed by atoms with Gasteiger partial charge in [0.25, 0.3) is 0 Å². The molecule has 0 spiro atoms. The Bertz CT molecular complexity index is 1830. The lowest BCUT2D eigenvalue weighted by Gasteiger charge is -2.48. The molecular formula is C42H61N5O11. The van der Waals surface area contributed by atoms with Gasteiger partial charge in [-0.3, -0.25) is 19.4 Å². The van der Waals surface area contributed by atoms with Crippen molar-refractivity contribution in [2.45, 2.75) is 142 Å². The van der Waals surface area contributed by atoms with Crippen molar-refractivity contribution in [2.24, 2.45) is 34.7 Å². The summed E-state index contributed by atoms with van der Waals surface area (Å²) in [6, 6.07) is 3.34. The number of aliphatic hydroxyl groups is 1. The average Bonchev–Trinajstić information content (AvgIpc) is 3.52. The van der Waals surface area contributed by atoms with Gasteiger partial charge in [0, 0.05) is 35.9 Å². The minimum absolute atomic E-state index is 0.0109. The molecule has 6 rings (SSSR count). The molecule has 0 aromatic carbocycles. The van der Waals surface area contributed by atoms with Crippen LogP contribution in [0.15, 0.2) is 29.7 Å². The summed E-state index contributed by atoms with van der Waals surface area (Å²) < 4.78 is 38.9. The molecule has 4 aliphatic heterocycles. The number of fused-ring (bicyclic) bond motifs is 5. The third-order valence-electron chi connectivity index (χ3n) is 12.8. The van der Waals surface area contributed by atoms with E-state index in [1.807, 2.05) is 66.6 Å². The molecule has 0 amide bonds. The Morgan fingerprint density at radius 2 is 1.81 bits per heavy atom. The van der Waals surface area contributed by atoms with Crippen molar-refractivity contribution in [3.8, 4) is 0 Å². The molecule has 0 saturated carbocycles. The molecule has 16 nitrogen and oxygen atoms in total. The number of hydrogen-bond acceptors (Lipinski definition) is 16. The van der Waals surface area contributed by atoms with Crippen molar-refractivity contribution in [3.63, 3.8) is 0 Å². The molecule has 0 radical (unpaired) electrons. The molecule has 2 bridgehead atoms. The van der Waals surface area contributed by atoms with E-state index in [1.54, 1.807) is 32.3 Å². The van der Waals surface area contributed by atoms with Crippen molar-refractivity contribution in [1.29, 1.82) is 0 Å². The van der Waals surface area contributed by atoms with E-state index in [0.29, 0.717) is 35.4 Å². The van der Waals surface area contributed by atoms with Gasteiger partial charge >= 0.3 is 11.9 Å². The number of likely N-dealkylation sites (N-methyl/N-ethyl adjacent to an activating group) is 1. The van der Waals surface area contributed by atoms with E-state index >= 15 is 0 Å².